The Morgan fingerprint density at radius 3 is 2.61 bits per heavy atom. The van der Waals surface area contributed by atoms with Gasteiger partial charge in [0.15, 0.2) is 0 Å². The Morgan fingerprint density at radius 1 is 1.09 bits per heavy atom. The van der Waals surface area contributed by atoms with Crippen molar-refractivity contribution in [2.75, 3.05) is 5.32 Å². The van der Waals surface area contributed by atoms with Crippen molar-refractivity contribution in [2.24, 2.45) is 0 Å². The van der Waals surface area contributed by atoms with E-state index in [-0.39, 0.29) is 13.0 Å². The van der Waals surface area contributed by atoms with Gasteiger partial charge in [0.25, 0.3) is 0 Å². The van der Waals surface area contributed by atoms with Crippen molar-refractivity contribution >= 4 is 29.1 Å². The molecular formula is C17H14ClN3O2. The molecule has 2 N–H and O–H groups in total. The van der Waals surface area contributed by atoms with E-state index in [0.717, 1.165) is 5.56 Å². The third-order valence-electron chi connectivity index (χ3n) is 3.03. The smallest absolute Gasteiger partial charge is 0.233 e. The van der Waals surface area contributed by atoms with Crippen molar-refractivity contribution in [2.45, 2.75) is 13.0 Å². The van der Waals surface area contributed by atoms with Gasteiger partial charge in [0, 0.05) is 17.3 Å². The van der Waals surface area contributed by atoms with Crippen molar-refractivity contribution in [1.29, 1.82) is 5.26 Å². The summed E-state index contributed by atoms with van der Waals surface area (Å²) < 4.78 is 0. The minimum atomic E-state index is -0.447. The van der Waals surface area contributed by atoms with E-state index in [4.69, 9.17) is 16.9 Å². The Bertz CT molecular complexity index is 768. The summed E-state index contributed by atoms with van der Waals surface area (Å²) in [5.41, 5.74) is 1.70. The molecule has 0 aliphatic carbocycles. The number of carbonyl (C=O) groups is 2. The highest BCUT2D eigenvalue weighted by molar-refractivity contribution is 6.31. The minimum Gasteiger partial charge on any atom is -0.352 e. The number of rotatable bonds is 5. The monoisotopic (exact) mass is 327 g/mol. The maximum Gasteiger partial charge on any atom is 0.233 e. The van der Waals surface area contributed by atoms with Crippen molar-refractivity contribution in [3.63, 3.8) is 0 Å². The van der Waals surface area contributed by atoms with Crippen LogP contribution in [0, 0.1) is 11.3 Å². The van der Waals surface area contributed by atoms with Gasteiger partial charge in [-0.1, -0.05) is 35.9 Å². The van der Waals surface area contributed by atoms with Gasteiger partial charge in [-0.3, -0.25) is 9.59 Å². The van der Waals surface area contributed by atoms with Gasteiger partial charge in [0.05, 0.1) is 11.6 Å². The molecule has 0 aliphatic heterocycles. The van der Waals surface area contributed by atoms with E-state index in [1.54, 1.807) is 42.5 Å². The summed E-state index contributed by atoms with van der Waals surface area (Å²) in [5.74, 6) is -0.851. The Morgan fingerprint density at radius 2 is 1.87 bits per heavy atom. The lowest BCUT2D eigenvalue weighted by atomic mass is 10.2. The summed E-state index contributed by atoms with van der Waals surface area (Å²) in [7, 11) is 0. The third-order valence-corrected chi connectivity index (χ3v) is 3.40. The van der Waals surface area contributed by atoms with Crippen molar-refractivity contribution in [3.8, 4) is 6.07 Å². The lowest BCUT2D eigenvalue weighted by Gasteiger charge is -2.08. The first-order chi connectivity index (χ1) is 11.1. The summed E-state index contributed by atoms with van der Waals surface area (Å²) >= 11 is 5.99. The first-order valence-corrected chi connectivity index (χ1v) is 7.26. The average Bonchev–Trinajstić information content (AvgIpc) is 2.54. The molecule has 0 saturated carbocycles. The molecule has 0 aliphatic rings. The van der Waals surface area contributed by atoms with Gasteiger partial charge >= 0.3 is 0 Å². The molecule has 2 rings (SSSR count). The van der Waals surface area contributed by atoms with Crippen molar-refractivity contribution < 1.29 is 9.59 Å². The molecule has 116 valence electrons. The molecule has 0 spiro atoms. The van der Waals surface area contributed by atoms with E-state index < -0.39 is 11.8 Å². The van der Waals surface area contributed by atoms with Crippen molar-refractivity contribution in [3.05, 3.63) is 64.7 Å². The molecule has 0 radical (unpaired) electrons. The fraction of sp³-hybridized carbons (Fsp3) is 0.118. The molecule has 0 atom stereocenters. The zero-order valence-electron chi connectivity index (χ0n) is 12.2. The molecule has 0 bridgehead atoms. The zero-order chi connectivity index (χ0) is 16.7. The van der Waals surface area contributed by atoms with E-state index in [1.165, 1.54) is 0 Å². The van der Waals surface area contributed by atoms with Crippen LogP contribution in [0.5, 0.6) is 0 Å². The van der Waals surface area contributed by atoms with Crippen LogP contribution in [0.2, 0.25) is 5.02 Å². The number of benzene rings is 2. The number of nitriles is 1. The number of nitrogens with zero attached hydrogens (tertiary/aromatic N) is 1. The normalized spacial score (nSPS) is 9.74. The maximum absolute atomic E-state index is 11.8. The molecule has 0 heterocycles. The summed E-state index contributed by atoms with van der Waals surface area (Å²) in [5, 5.41) is 14.6. The number of hydrogen-bond acceptors (Lipinski definition) is 3. The molecule has 0 saturated heterocycles. The maximum atomic E-state index is 11.8. The highest BCUT2D eigenvalue weighted by Gasteiger charge is 2.10. The largest absolute Gasteiger partial charge is 0.352 e. The molecule has 23 heavy (non-hydrogen) atoms. The Labute approximate surface area is 138 Å². The molecule has 2 aromatic carbocycles. The topological polar surface area (TPSA) is 82.0 Å². The Kier molecular flexibility index (Phi) is 5.73. The molecule has 0 aromatic heterocycles. The minimum absolute atomic E-state index is 0.260. The number of carbonyl (C=O) groups excluding carboxylic acids is 2. The lowest BCUT2D eigenvalue weighted by molar-refractivity contribution is -0.126. The highest BCUT2D eigenvalue weighted by Crippen LogP contribution is 2.14. The molecule has 2 aromatic rings. The first kappa shape index (κ1) is 16.5. The third kappa shape index (κ3) is 5.13. The summed E-state index contributed by atoms with van der Waals surface area (Å²) in [6.45, 7) is 0.260. The Balaban J connectivity index is 1.84. The number of amides is 2. The van der Waals surface area contributed by atoms with E-state index in [0.29, 0.717) is 16.3 Å². The number of hydrogen-bond donors (Lipinski definition) is 2. The van der Waals surface area contributed by atoms with Crippen LogP contribution in [0.1, 0.15) is 17.5 Å². The van der Waals surface area contributed by atoms with Crippen LogP contribution >= 0.6 is 11.6 Å². The predicted octanol–water partition coefficient (Wildman–Crippen LogP) is 2.86. The standard InChI is InChI=1S/C17H14ClN3O2/c18-15-7-2-1-5-13(15)11-20-16(22)9-17(23)21-14-6-3-4-12(8-14)10-19/h1-8H,9,11H2,(H,20,22)(H,21,23). The van der Waals surface area contributed by atoms with Gasteiger partial charge in [-0.25, -0.2) is 0 Å². The molecule has 0 unspecified atom stereocenters. The van der Waals surface area contributed by atoms with Gasteiger partial charge in [0.2, 0.25) is 11.8 Å². The molecule has 6 heteroatoms. The van der Waals surface area contributed by atoms with E-state index in [9.17, 15) is 9.59 Å². The van der Waals surface area contributed by atoms with Crippen LogP contribution < -0.4 is 10.6 Å². The molecule has 5 nitrogen and oxygen atoms in total. The SMILES string of the molecule is N#Cc1cccc(NC(=O)CC(=O)NCc2ccccc2Cl)c1. The van der Waals surface area contributed by atoms with Crippen LogP contribution in [0.3, 0.4) is 0 Å². The number of anilines is 1. The molecular weight excluding hydrogens is 314 g/mol. The van der Waals surface area contributed by atoms with Crippen molar-refractivity contribution in [1.82, 2.24) is 5.32 Å². The second-order valence-electron chi connectivity index (χ2n) is 4.79. The second-order valence-corrected chi connectivity index (χ2v) is 5.19. The highest BCUT2D eigenvalue weighted by atomic mass is 35.5. The number of halogens is 1. The van der Waals surface area contributed by atoms with Crippen LogP contribution in [0.15, 0.2) is 48.5 Å². The zero-order valence-corrected chi connectivity index (χ0v) is 12.9. The fourth-order valence-corrected chi connectivity index (χ4v) is 2.12. The van der Waals surface area contributed by atoms with Crippen LogP contribution in [-0.2, 0) is 16.1 Å². The van der Waals surface area contributed by atoms with Gasteiger partial charge in [-0.2, -0.15) is 5.26 Å². The van der Waals surface area contributed by atoms with Crippen LogP contribution in [-0.4, -0.2) is 11.8 Å². The summed E-state index contributed by atoms with van der Waals surface area (Å²) in [4.78, 5) is 23.6. The predicted molar refractivity (Wildman–Crippen MR) is 87.7 cm³/mol. The second kappa shape index (κ2) is 7.97. The first-order valence-electron chi connectivity index (χ1n) is 6.88. The summed E-state index contributed by atoms with van der Waals surface area (Å²) in [6, 6.07) is 15.6. The van der Waals surface area contributed by atoms with Gasteiger partial charge < -0.3 is 10.6 Å². The average molecular weight is 328 g/mol. The van der Waals surface area contributed by atoms with E-state index in [2.05, 4.69) is 10.6 Å². The van der Waals surface area contributed by atoms with Crippen LogP contribution in [0.4, 0.5) is 5.69 Å². The van der Waals surface area contributed by atoms with E-state index in [1.807, 2.05) is 12.1 Å². The molecule has 0 fully saturated rings. The fourth-order valence-electron chi connectivity index (χ4n) is 1.92. The number of nitrogens with one attached hydrogen (secondary N) is 2. The van der Waals surface area contributed by atoms with Gasteiger partial charge in [-0.15, -0.1) is 0 Å². The van der Waals surface area contributed by atoms with Gasteiger partial charge in [-0.05, 0) is 29.8 Å². The van der Waals surface area contributed by atoms with Gasteiger partial charge in [0.1, 0.15) is 6.42 Å². The Hall–Kier alpha value is -2.84. The molecule has 2 amide bonds. The van der Waals surface area contributed by atoms with Crippen LogP contribution in [0.25, 0.3) is 0 Å². The summed E-state index contributed by atoms with van der Waals surface area (Å²) in [6.07, 6.45) is -0.304. The van der Waals surface area contributed by atoms with E-state index >= 15 is 0 Å². The lowest BCUT2D eigenvalue weighted by Crippen LogP contribution is -2.27. The quantitative estimate of drug-likeness (QED) is 0.828.